The average Bonchev–Trinajstić information content (AvgIpc) is 3.26. The lowest BCUT2D eigenvalue weighted by Crippen LogP contribution is -2.59. The predicted octanol–water partition coefficient (Wildman–Crippen LogP) is 3.43. The Morgan fingerprint density at radius 2 is 1.83 bits per heavy atom. The molecule has 47 heavy (non-hydrogen) atoms. The molecule has 3 heterocycles. The molecular weight excluding hydrogens is 614 g/mol. The van der Waals surface area contributed by atoms with Crippen LogP contribution in [-0.2, 0) is 38.1 Å². The Hall–Kier alpha value is -2.81. The van der Waals surface area contributed by atoms with E-state index in [9.17, 15) is 24.3 Å². The number of nitrogens with two attached hydrogens (primary N) is 1. The number of ketones is 2. The summed E-state index contributed by atoms with van der Waals surface area (Å²) in [6, 6.07) is -1.42. The Kier molecular flexibility index (Phi) is 13.2. The zero-order chi connectivity index (χ0) is 35.3. The first-order valence-corrected chi connectivity index (χ1v) is 16.6. The summed E-state index contributed by atoms with van der Waals surface area (Å²) < 4.78 is 30.1. The molecule has 0 saturated carbocycles. The van der Waals surface area contributed by atoms with Crippen molar-refractivity contribution in [3.05, 3.63) is 10.4 Å². The van der Waals surface area contributed by atoms with Crippen molar-refractivity contribution in [2.75, 3.05) is 20.2 Å². The summed E-state index contributed by atoms with van der Waals surface area (Å²) in [6.45, 7) is 12.2. The lowest BCUT2D eigenvalue weighted by molar-refractivity contribution is -0.288. The van der Waals surface area contributed by atoms with E-state index in [4.69, 9.17) is 34.9 Å². The lowest BCUT2D eigenvalue weighted by Gasteiger charge is -2.45. The van der Waals surface area contributed by atoms with E-state index in [0.29, 0.717) is 19.3 Å². The van der Waals surface area contributed by atoms with Crippen molar-refractivity contribution >= 4 is 23.6 Å². The third kappa shape index (κ3) is 8.44. The Morgan fingerprint density at radius 1 is 1.15 bits per heavy atom. The second-order valence-electron chi connectivity index (χ2n) is 13.7. The lowest BCUT2D eigenvalue weighted by atomic mass is 9.76. The maximum atomic E-state index is 14.0. The highest BCUT2D eigenvalue weighted by Crippen LogP contribution is 2.41. The number of amides is 1. The number of carbonyl (C=O) groups excluding carboxylic acids is 4. The highest BCUT2D eigenvalue weighted by Gasteiger charge is 2.58. The number of azide groups is 1. The summed E-state index contributed by atoms with van der Waals surface area (Å²) in [6.07, 6.45) is -3.71. The first-order chi connectivity index (χ1) is 22.0. The molecule has 0 aromatic heterocycles. The van der Waals surface area contributed by atoms with Crippen LogP contribution in [0.25, 0.3) is 10.4 Å². The van der Waals surface area contributed by atoms with E-state index in [1.807, 2.05) is 0 Å². The van der Waals surface area contributed by atoms with Crippen molar-refractivity contribution in [3.8, 4) is 0 Å². The van der Waals surface area contributed by atoms with Crippen LogP contribution in [0, 0.1) is 17.8 Å². The summed E-state index contributed by atoms with van der Waals surface area (Å²) in [5.41, 5.74) is 12.1. The van der Waals surface area contributed by atoms with Gasteiger partial charge in [-0.3, -0.25) is 14.4 Å². The number of unbranched alkanes of at least 4 members (excludes halogenated alkanes) is 1. The van der Waals surface area contributed by atoms with E-state index < -0.39 is 83.5 Å². The summed E-state index contributed by atoms with van der Waals surface area (Å²) in [5.74, 6) is -4.34. The molecule has 3 rings (SSSR count). The van der Waals surface area contributed by atoms with Gasteiger partial charge in [0.1, 0.15) is 23.9 Å². The van der Waals surface area contributed by atoms with Gasteiger partial charge >= 0.3 is 12.1 Å². The first kappa shape index (κ1) is 38.6. The summed E-state index contributed by atoms with van der Waals surface area (Å²) in [7, 11) is 1.45. The van der Waals surface area contributed by atoms with Crippen molar-refractivity contribution < 1.29 is 48.0 Å². The minimum atomic E-state index is -1.39. The van der Waals surface area contributed by atoms with Gasteiger partial charge in [0.2, 0.25) is 0 Å². The van der Waals surface area contributed by atoms with Crippen molar-refractivity contribution in [3.63, 3.8) is 0 Å². The van der Waals surface area contributed by atoms with E-state index in [-0.39, 0.29) is 44.2 Å². The van der Waals surface area contributed by atoms with Gasteiger partial charge in [0, 0.05) is 49.4 Å². The number of fused-ring (bicyclic) bond motifs is 1. The quantitative estimate of drug-likeness (QED) is 0.0907. The molecule has 15 heteroatoms. The van der Waals surface area contributed by atoms with Gasteiger partial charge in [-0.1, -0.05) is 25.9 Å². The zero-order valence-corrected chi connectivity index (χ0v) is 28.9. The monoisotopic (exact) mass is 667 g/mol. The molecule has 266 valence electrons. The van der Waals surface area contributed by atoms with Crippen LogP contribution in [0.4, 0.5) is 4.79 Å². The topological polar surface area (TPSA) is 213 Å². The minimum absolute atomic E-state index is 0.0972. The van der Waals surface area contributed by atoms with Gasteiger partial charge < -0.3 is 39.4 Å². The maximum absolute atomic E-state index is 14.0. The molecule has 1 amide bonds. The Labute approximate surface area is 276 Å². The van der Waals surface area contributed by atoms with Crippen molar-refractivity contribution in [1.29, 1.82) is 0 Å². The highest BCUT2D eigenvalue weighted by molar-refractivity contribution is 6.00. The molecule has 0 aliphatic carbocycles. The number of hydrogen-bond donors (Lipinski definition) is 2. The summed E-state index contributed by atoms with van der Waals surface area (Å²) in [4.78, 5) is 59.1. The Morgan fingerprint density at radius 3 is 2.45 bits per heavy atom. The smallest absolute Gasteiger partial charge is 0.410 e. The fourth-order valence-corrected chi connectivity index (χ4v) is 7.18. The predicted molar refractivity (Wildman–Crippen MR) is 169 cm³/mol. The number of carbonyl (C=O) groups is 4. The number of esters is 1. The molecule has 3 fully saturated rings. The van der Waals surface area contributed by atoms with Crippen LogP contribution in [-0.4, -0.2) is 108 Å². The molecule has 0 bridgehead atoms. The van der Waals surface area contributed by atoms with Crippen molar-refractivity contribution in [2.45, 2.75) is 141 Å². The van der Waals surface area contributed by atoms with E-state index in [1.165, 1.54) is 18.9 Å². The first-order valence-electron chi connectivity index (χ1n) is 16.6. The van der Waals surface area contributed by atoms with Gasteiger partial charge in [0.15, 0.2) is 17.7 Å². The zero-order valence-electron chi connectivity index (χ0n) is 28.9. The van der Waals surface area contributed by atoms with Gasteiger partial charge in [-0.2, -0.15) is 0 Å². The van der Waals surface area contributed by atoms with E-state index in [2.05, 4.69) is 10.0 Å². The van der Waals surface area contributed by atoms with Crippen LogP contribution in [0.3, 0.4) is 0 Å². The van der Waals surface area contributed by atoms with E-state index in [1.54, 1.807) is 41.5 Å². The fraction of sp³-hybridized carbons (Fsp3) is 0.875. The molecule has 3 N–H and O–H groups in total. The SMILES string of the molecule is CC[C@H]1OC(=O)[C@H](C)C(=O)[C@H](C)[C@@H](O[C@@H]2O[C@H](C)CC(N)C2O)[C@](C)(OC)C[C@@H](C)C(=O)C[C@H]2N(CCCCN=[N+]=[N-])C(=O)O[C@]12C. The number of hydrogen-bond acceptors (Lipinski definition) is 12. The third-order valence-corrected chi connectivity index (χ3v) is 10.2. The molecule has 0 radical (unpaired) electrons. The van der Waals surface area contributed by atoms with Crippen molar-refractivity contribution in [1.82, 2.24) is 4.90 Å². The summed E-state index contributed by atoms with van der Waals surface area (Å²) >= 11 is 0. The second-order valence-corrected chi connectivity index (χ2v) is 13.7. The molecule has 0 aromatic carbocycles. The van der Waals surface area contributed by atoms with Gasteiger partial charge in [-0.05, 0) is 65.3 Å². The highest BCUT2D eigenvalue weighted by atomic mass is 16.7. The molecule has 3 aliphatic rings. The number of cyclic esters (lactones) is 1. The number of aliphatic hydroxyl groups is 1. The molecule has 2 unspecified atom stereocenters. The minimum Gasteiger partial charge on any atom is -0.458 e. The number of nitrogens with zero attached hydrogens (tertiary/aromatic N) is 4. The van der Waals surface area contributed by atoms with Gasteiger partial charge in [0.05, 0.1) is 23.9 Å². The normalized spacial score (nSPS) is 40.6. The van der Waals surface area contributed by atoms with E-state index >= 15 is 0 Å². The van der Waals surface area contributed by atoms with Crippen LogP contribution >= 0.6 is 0 Å². The van der Waals surface area contributed by atoms with Crippen molar-refractivity contribution in [2.24, 2.45) is 28.6 Å². The maximum Gasteiger partial charge on any atom is 0.410 e. The van der Waals surface area contributed by atoms with Crippen LogP contribution in [0.1, 0.15) is 87.0 Å². The largest absolute Gasteiger partial charge is 0.458 e. The number of methoxy groups -OCH3 is 1. The number of aliphatic hydroxyl groups excluding tert-OH is 1. The average molecular weight is 668 g/mol. The van der Waals surface area contributed by atoms with Gasteiger partial charge in [-0.25, -0.2) is 4.79 Å². The third-order valence-electron chi connectivity index (χ3n) is 10.2. The number of ether oxygens (including phenoxy) is 5. The van der Waals surface area contributed by atoms with Crippen LogP contribution < -0.4 is 5.73 Å². The fourth-order valence-electron chi connectivity index (χ4n) is 7.18. The van der Waals surface area contributed by atoms with Gasteiger partial charge in [0.25, 0.3) is 0 Å². The second kappa shape index (κ2) is 16.1. The molecule has 12 atom stereocenters. The Balaban J connectivity index is 2.05. The molecule has 3 saturated heterocycles. The molecular formula is C32H53N5O10. The molecule has 0 spiro atoms. The number of Topliss-reactive ketones (excluding diaryl/α,β-unsaturated/α-hetero) is 2. The van der Waals surface area contributed by atoms with Crippen LogP contribution in [0.5, 0.6) is 0 Å². The van der Waals surface area contributed by atoms with E-state index in [0.717, 1.165) is 0 Å². The standard InChI is InChI=1S/C32H53N5O10/c1-9-24-32(7)23(37(30(42)47-32)13-11-10-12-35-36-34)15-22(38)17(2)16-31(6,43-8)27(19(4)25(39)20(5)28(41)45-24)46-29-26(40)21(33)14-18(3)44-29/h17-21,23-24,26-27,29,40H,9-16,33H2,1-8H3/t17-,18-,19+,20-,21?,23-,24-,26?,27-,29+,31-,32+/m1/s1. The van der Waals surface area contributed by atoms with Gasteiger partial charge in [-0.15, -0.1) is 0 Å². The molecule has 3 aliphatic heterocycles. The number of rotatable bonds is 9. The van der Waals surface area contributed by atoms with Crippen LogP contribution in [0.15, 0.2) is 5.11 Å². The van der Waals surface area contributed by atoms with Crippen LogP contribution in [0.2, 0.25) is 0 Å². The Bertz CT molecular complexity index is 1200. The molecule has 0 aromatic rings. The summed E-state index contributed by atoms with van der Waals surface area (Å²) in [5, 5.41) is 14.4. The molecule has 15 nitrogen and oxygen atoms in total.